The van der Waals surface area contributed by atoms with Crippen molar-refractivity contribution in [1.82, 2.24) is 4.90 Å². The van der Waals surface area contributed by atoms with Gasteiger partial charge in [0.25, 0.3) is 0 Å². The van der Waals surface area contributed by atoms with Crippen LogP contribution in [0.3, 0.4) is 0 Å². The smallest absolute Gasteiger partial charge is 0.0408 e. The Kier molecular flexibility index (Phi) is 4.57. The third kappa shape index (κ3) is 3.51. The first-order chi connectivity index (χ1) is 8.91. The molecule has 106 valence electrons. The molecule has 0 spiro atoms. The first-order valence-electron chi connectivity index (χ1n) is 7.07. The Bertz CT molecular complexity index is 429. The zero-order valence-electron chi connectivity index (χ0n) is 12.5. The van der Waals surface area contributed by atoms with E-state index < -0.39 is 0 Å². The average Bonchev–Trinajstić information content (AvgIpc) is 2.37. The maximum atomic E-state index is 3.62. The summed E-state index contributed by atoms with van der Waals surface area (Å²) in [5.74, 6) is 0. The largest absolute Gasteiger partial charge is 0.369 e. The molecule has 1 aromatic rings. The number of benzene rings is 1. The highest BCUT2D eigenvalue weighted by molar-refractivity contribution is 9.08. The Balaban J connectivity index is 2.10. The van der Waals surface area contributed by atoms with Crippen LogP contribution in [0.4, 0.5) is 5.69 Å². The fourth-order valence-electron chi connectivity index (χ4n) is 2.75. The Morgan fingerprint density at radius 1 is 1.11 bits per heavy atom. The van der Waals surface area contributed by atoms with Crippen LogP contribution in [-0.2, 0) is 5.33 Å². The van der Waals surface area contributed by atoms with E-state index in [-0.39, 0.29) is 5.54 Å². The van der Waals surface area contributed by atoms with Gasteiger partial charge in [-0.25, -0.2) is 0 Å². The molecule has 3 heteroatoms. The number of aryl methyl sites for hydroxylation is 1. The lowest BCUT2D eigenvalue weighted by Gasteiger charge is -2.43. The highest BCUT2D eigenvalue weighted by atomic mass is 79.9. The summed E-state index contributed by atoms with van der Waals surface area (Å²) in [5.41, 5.74) is 4.43. The second-order valence-corrected chi connectivity index (χ2v) is 6.97. The number of hydrogen-bond acceptors (Lipinski definition) is 2. The Hall–Kier alpha value is -0.540. The van der Waals surface area contributed by atoms with Crippen LogP contribution in [0.15, 0.2) is 18.2 Å². The zero-order valence-corrected chi connectivity index (χ0v) is 14.1. The van der Waals surface area contributed by atoms with Gasteiger partial charge in [0.1, 0.15) is 0 Å². The standard InChI is InChI=1S/C16H25BrN2/c1-13-5-6-15(14(11-13)12-17)18-7-9-19(10-8-18)16(2,3)4/h5-6,11H,7-10,12H2,1-4H3. The molecule has 1 aliphatic heterocycles. The molecule has 2 nitrogen and oxygen atoms in total. The lowest BCUT2D eigenvalue weighted by molar-refractivity contribution is 0.128. The maximum Gasteiger partial charge on any atom is 0.0408 e. The Morgan fingerprint density at radius 3 is 2.26 bits per heavy atom. The summed E-state index contributed by atoms with van der Waals surface area (Å²) < 4.78 is 0. The van der Waals surface area contributed by atoms with E-state index in [9.17, 15) is 0 Å². The molecule has 0 bridgehead atoms. The van der Waals surface area contributed by atoms with E-state index in [2.05, 4.69) is 71.6 Å². The van der Waals surface area contributed by atoms with E-state index in [1.54, 1.807) is 0 Å². The molecule has 0 aliphatic carbocycles. The minimum absolute atomic E-state index is 0.289. The first-order valence-corrected chi connectivity index (χ1v) is 8.19. The molecule has 1 heterocycles. The van der Waals surface area contributed by atoms with Gasteiger partial charge in [0.15, 0.2) is 0 Å². The van der Waals surface area contributed by atoms with E-state index >= 15 is 0 Å². The topological polar surface area (TPSA) is 6.48 Å². The van der Waals surface area contributed by atoms with Crippen LogP contribution in [-0.4, -0.2) is 36.6 Å². The van der Waals surface area contributed by atoms with Crippen molar-refractivity contribution in [3.8, 4) is 0 Å². The molecule has 0 saturated carbocycles. The van der Waals surface area contributed by atoms with Gasteiger partial charge in [-0.05, 0) is 39.3 Å². The summed E-state index contributed by atoms with van der Waals surface area (Å²) in [5, 5.41) is 0.934. The van der Waals surface area contributed by atoms with Crippen molar-refractivity contribution in [2.45, 2.75) is 38.6 Å². The fraction of sp³-hybridized carbons (Fsp3) is 0.625. The summed E-state index contributed by atoms with van der Waals surface area (Å²) in [6.45, 7) is 13.6. The number of rotatable bonds is 2. The second-order valence-electron chi connectivity index (χ2n) is 6.41. The third-order valence-electron chi connectivity index (χ3n) is 3.95. The molecule has 0 unspecified atom stereocenters. The van der Waals surface area contributed by atoms with Gasteiger partial charge >= 0.3 is 0 Å². The van der Waals surface area contributed by atoms with Crippen LogP contribution in [0.5, 0.6) is 0 Å². The van der Waals surface area contributed by atoms with Gasteiger partial charge in [-0.1, -0.05) is 33.6 Å². The van der Waals surface area contributed by atoms with Gasteiger partial charge < -0.3 is 4.90 Å². The number of piperazine rings is 1. The maximum absolute atomic E-state index is 3.62. The molecule has 19 heavy (non-hydrogen) atoms. The van der Waals surface area contributed by atoms with E-state index in [0.29, 0.717) is 0 Å². The van der Waals surface area contributed by atoms with Gasteiger partial charge in [-0.15, -0.1) is 0 Å². The molecule has 0 aromatic heterocycles. The summed E-state index contributed by atoms with van der Waals surface area (Å²) >= 11 is 3.62. The number of hydrogen-bond donors (Lipinski definition) is 0. The van der Waals surface area contributed by atoms with Crippen molar-refractivity contribution >= 4 is 21.6 Å². The van der Waals surface area contributed by atoms with Crippen molar-refractivity contribution in [2.24, 2.45) is 0 Å². The molecule has 0 atom stereocenters. The quantitative estimate of drug-likeness (QED) is 0.763. The molecule has 0 amide bonds. The lowest BCUT2D eigenvalue weighted by Crippen LogP contribution is -2.53. The fourth-order valence-corrected chi connectivity index (χ4v) is 3.20. The van der Waals surface area contributed by atoms with Crippen molar-refractivity contribution in [1.29, 1.82) is 0 Å². The van der Waals surface area contributed by atoms with Crippen LogP contribution in [0.1, 0.15) is 31.9 Å². The van der Waals surface area contributed by atoms with Crippen molar-refractivity contribution in [2.75, 3.05) is 31.1 Å². The van der Waals surface area contributed by atoms with Crippen molar-refractivity contribution < 1.29 is 0 Å². The van der Waals surface area contributed by atoms with E-state index in [0.717, 1.165) is 31.5 Å². The molecule has 0 N–H and O–H groups in total. The number of alkyl halides is 1. The Morgan fingerprint density at radius 2 is 1.74 bits per heavy atom. The molecule has 1 aromatic carbocycles. The van der Waals surface area contributed by atoms with Gasteiger partial charge in [0, 0.05) is 42.7 Å². The van der Waals surface area contributed by atoms with Crippen LogP contribution in [0.2, 0.25) is 0 Å². The highest BCUT2D eigenvalue weighted by Crippen LogP contribution is 2.26. The SMILES string of the molecule is Cc1ccc(N2CCN(C(C)(C)C)CC2)c(CBr)c1. The summed E-state index contributed by atoms with van der Waals surface area (Å²) in [6, 6.07) is 6.79. The molecular weight excluding hydrogens is 300 g/mol. The number of nitrogens with zero attached hydrogens (tertiary/aromatic N) is 2. The molecule has 2 rings (SSSR count). The molecular formula is C16H25BrN2. The van der Waals surface area contributed by atoms with Crippen LogP contribution < -0.4 is 4.90 Å². The molecule has 1 fully saturated rings. The second kappa shape index (κ2) is 5.84. The predicted octanol–water partition coefficient (Wildman–Crippen LogP) is 3.81. The van der Waals surface area contributed by atoms with E-state index in [1.165, 1.54) is 16.8 Å². The van der Waals surface area contributed by atoms with Gasteiger partial charge in [0.05, 0.1) is 0 Å². The molecule has 1 saturated heterocycles. The number of anilines is 1. The third-order valence-corrected chi connectivity index (χ3v) is 4.55. The minimum Gasteiger partial charge on any atom is -0.369 e. The zero-order chi connectivity index (χ0) is 14.0. The highest BCUT2D eigenvalue weighted by Gasteiger charge is 2.26. The van der Waals surface area contributed by atoms with Gasteiger partial charge in [0.2, 0.25) is 0 Å². The minimum atomic E-state index is 0.289. The molecule has 0 radical (unpaired) electrons. The normalized spacial score (nSPS) is 17.8. The predicted molar refractivity (Wildman–Crippen MR) is 87.3 cm³/mol. The average molecular weight is 325 g/mol. The van der Waals surface area contributed by atoms with Crippen molar-refractivity contribution in [3.05, 3.63) is 29.3 Å². The number of halogens is 1. The summed E-state index contributed by atoms with van der Waals surface area (Å²) in [6.07, 6.45) is 0. The van der Waals surface area contributed by atoms with Crippen LogP contribution >= 0.6 is 15.9 Å². The molecule has 1 aliphatic rings. The Labute approximate surface area is 125 Å². The summed E-state index contributed by atoms with van der Waals surface area (Å²) in [4.78, 5) is 5.10. The summed E-state index contributed by atoms with van der Waals surface area (Å²) in [7, 11) is 0. The van der Waals surface area contributed by atoms with Crippen LogP contribution in [0.25, 0.3) is 0 Å². The van der Waals surface area contributed by atoms with Crippen molar-refractivity contribution in [3.63, 3.8) is 0 Å². The van der Waals surface area contributed by atoms with Crippen LogP contribution in [0, 0.1) is 6.92 Å². The monoisotopic (exact) mass is 324 g/mol. The van der Waals surface area contributed by atoms with E-state index in [4.69, 9.17) is 0 Å². The lowest BCUT2D eigenvalue weighted by atomic mass is 10.0. The van der Waals surface area contributed by atoms with Gasteiger partial charge in [-0.3, -0.25) is 4.90 Å². The van der Waals surface area contributed by atoms with Gasteiger partial charge in [-0.2, -0.15) is 0 Å². The first kappa shape index (κ1) is 14.9. The van der Waals surface area contributed by atoms with E-state index in [1.807, 2.05) is 0 Å².